The van der Waals surface area contributed by atoms with Gasteiger partial charge < -0.3 is 5.32 Å². The van der Waals surface area contributed by atoms with Crippen LogP contribution in [0.15, 0.2) is 38.9 Å². The third kappa shape index (κ3) is 2.30. The van der Waals surface area contributed by atoms with Crippen molar-refractivity contribution in [2.75, 3.05) is 0 Å². The first-order chi connectivity index (χ1) is 9.08. The van der Waals surface area contributed by atoms with Gasteiger partial charge in [0.05, 0.1) is 5.02 Å². The molecule has 0 bridgehead atoms. The zero-order valence-electron chi connectivity index (χ0n) is 9.84. The monoisotopic (exact) mass is 401 g/mol. The van der Waals surface area contributed by atoms with Crippen LogP contribution in [-0.4, -0.2) is 11.8 Å². The minimum Gasteiger partial charge on any atom is -0.377 e. The molecule has 0 amide bonds. The van der Waals surface area contributed by atoms with Crippen molar-refractivity contribution in [3.8, 4) is 0 Å². The molecule has 1 aromatic carbocycles. The fourth-order valence-corrected chi connectivity index (χ4v) is 3.67. The van der Waals surface area contributed by atoms with E-state index >= 15 is 0 Å². The molecule has 1 N–H and O–H groups in total. The lowest BCUT2D eigenvalue weighted by atomic mass is 9.97. The van der Waals surface area contributed by atoms with Crippen LogP contribution in [0.4, 0.5) is 0 Å². The Labute approximate surface area is 133 Å². The van der Waals surface area contributed by atoms with E-state index in [1.165, 1.54) is 0 Å². The number of benzene rings is 1. The van der Waals surface area contributed by atoms with Crippen LogP contribution in [0.3, 0.4) is 0 Å². The fraction of sp³-hybridized carbons (Fsp3) is 0.214. The molecule has 1 aliphatic carbocycles. The van der Waals surface area contributed by atoms with Crippen molar-refractivity contribution < 1.29 is 4.79 Å². The highest BCUT2D eigenvalue weighted by molar-refractivity contribution is 9.12. The zero-order valence-corrected chi connectivity index (χ0v) is 13.8. The molecule has 98 valence electrons. The Hall–Kier alpha value is -0.580. The van der Waals surface area contributed by atoms with E-state index in [1.54, 1.807) is 6.07 Å². The van der Waals surface area contributed by atoms with Gasteiger partial charge in [-0.25, -0.2) is 0 Å². The smallest absolute Gasteiger partial charge is 0.189 e. The summed E-state index contributed by atoms with van der Waals surface area (Å²) in [6.07, 6.45) is 5.51. The predicted octanol–water partition coefficient (Wildman–Crippen LogP) is 4.37. The van der Waals surface area contributed by atoms with Gasteiger partial charge in [0.25, 0.3) is 0 Å². The third-order valence-corrected chi connectivity index (χ3v) is 5.38. The summed E-state index contributed by atoms with van der Waals surface area (Å²) in [7, 11) is 0. The normalized spacial score (nSPS) is 21.6. The molecular formula is C14H10Br2ClNO. The van der Waals surface area contributed by atoms with Gasteiger partial charge in [0.2, 0.25) is 0 Å². The van der Waals surface area contributed by atoms with Gasteiger partial charge in [-0.1, -0.05) is 11.6 Å². The number of fused-ring (bicyclic) bond motifs is 2. The molecule has 1 aliphatic heterocycles. The number of allylic oxidation sites excluding steroid dienone is 2. The second kappa shape index (κ2) is 5.08. The van der Waals surface area contributed by atoms with E-state index in [0.29, 0.717) is 5.02 Å². The highest BCUT2D eigenvalue weighted by Crippen LogP contribution is 2.35. The van der Waals surface area contributed by atoms with Crippen molar-refractivity contribution in [1.82, 2.24) is 5.32 Å². The maximum absolute atomic E-state index is 12.6. The molecule has 19 heavy (non-hydrogen) atoms. The van der Waals surface area contributed by atoms with Crippen LogP contribution in [-0.2, 0) is 6.42 Å². The number of carbonyl (C=O) groups excluding carboxylic acids is 1. The predicted molar refractivity (Wildman–Crippen MR) is 83.8 cm³/mol. The molecule has 0 saturated heterocycles. The molecule has 0 fully saturated rings. The van der Waals surface area contributed by atoms with Gasteiger partial charge in [-0.3, -0.25) is 4.79 Å². The Bertz CT molecular complexity index is 637. The van der Waals surface area contributed by atoms with Gasteiger partial charge in [-0.15, -0.1) is 0 Å². The highest BCUT2D eigenvalue weighted by atomic mass is 79.9. The highest BCUT2D eigenvalue weighted by Gasteiger charge is 2.31. The van der Waals surface area contributed by atoms with Gasteiger partial charge in [0.15, 0.2) is 5.78 Å². The summed E-state index contributed by atoms with van der Waals surface area (Å²) in [6, 6.07) is 3.34. The standard InChI is InChI=1S/C14H10Br2ClNO/c15-8-5-7-1-2-9-10(3-4-11(17)12(9)16)14(19)13(7)18-6-8/h3-6,13,18H,1-2H2. The number of halogens is 3. The second-order valence-corrected chi connectivity index (χ2v) is 6.72. The maximum Gasteiger partial charge on any atom is 0.189 e. The number of nitrogens with one attached hydrogen (secondary N) is 1. The van der Waals surface area contributed by atoms with Gasteiger partial charge >= 0.3 is 0 Å². The average molecular weight is 404 g/mol. The van der Waals surface area contributed by atoms with Gasteiger partial charge in [0.1, 0.15) is 6.04 Å². The van der Waals surface area contributed by atoms with Crippen LogP contribution in [0.1, 0.15) is 22.3 Å². The van der Waals surface area contributed by atoms with Crippen molar-refractivity contribution in [2.24, 2.45) is 0 Å². The summed E-state index contributed by atoms with van der Waals surface area (Å²) in [5.74, 6) is 0.104. The number of carbonyl (C=O) groups is 1. The Morgan fingerprint density at radius 3 is 2.84 bits per heavy atom. The SMILES string of the molecule is O=C1c2ccc(Cl)c(Br)c2CCC2=CC(Br)=CNC12. The van der Waals surface area contributed by atoms with Crippen molar-refractivity contribution in [2.45, 2.75) is 18.9 Å². The van der Waals surface area contributed by atoms with Crippen LogP contribution in [0.2, 0.25) is 5.02 Å². The van der Waals surface area contributed by atoms with E-state index in [-0.39, 0.29) is 11.8 Å². The number of Topliss-reactive ketones (excluding diaryl/α,β-unsaturated/α-hetero) is 1. The molecule has 0 spiro atoms. The van der Waals surface area contributed by atoms with E-state index in [1.807, 2.05) is 18.3 Å². The van der Waals surface area contributed by atoms with Crippen molar-refractivity contribution >= 4 is 49.2 Å². The summed E-state index contributed by atoms with van der Waals surface area (Å²) >= 11 is 13.0. The third-order valence-electron chi connectivity index (χ3n) is 3.47. The summed E-state index contributed by atoms with van der Waals surface area (Å²) in [5.41, 5.74) is 2.87. The van der Waals surface area contributed by atoms with Gasteiger partial charge in [-0.2, -0.15) is 0 Å². The molecule has 1 atom stereocenters. The van der Waals surface area contributed by atoms with Crippen molar-refractivity contribution in [1.29, 1.82) is 0 Å². The van der Waals surface area contributed by atoms with Crippen LogP contribution in [0, 0.1) is 0 Å². The van der Waals surface area contributed by atoms with Crippen molar-refractivity contribution in [3.05, 3.63) is 55.1 Å². The van der Waals surface area contributed by atoms with Crippen LogP contribution >= 0.6 is 43.5 Å². The van der Waals surface area contributed by atoms with Crippen LogP contribution in [0.5, 0.6) is 0 Å². The Morgan fingerprint density at radius 1 is 1.26 bits per heavy atom. The molecule has 5 heteroatoms. The van der Waals surface area contributed by atoms with Crippen molar-refractivity contribution in [3.63, 3.8) is 0 Å². The molecule has 3 rings (SSSR count). The Morgan fingerprint density at radius 2 is 2.05 bits per heavy atom. The summed E-state index contributed by atoms with van der Waals surface area (Å²) in [6.45, 7) is 0. The maximum atomic E-state index is 12.6. The number of hydrogen-bond acceptors (Lipinski definition) is 2. The Balaban J connectivity index is 2.11. The first kappa shape index (κ1) is 13.4. The number of hydrogen-bond donors (Lipinski definition) is 1. The lowest BCUT2D eigenvalue weighted by Crippen LogP contribution is -2.36. The molecule has 0 aromatic heterocycles. The summed E-state index contributed by atoms with van der Waals surface area (Å²) < 4.78 is 1.81. The second-order valence-electron chi connectivity index (χ2n) is 4.60. The van der Waals surface area contributed by atoms with Crippen LogP contribution in [0.25, 0.3) is 0 Å². The number of rotatable bonds is 0. The molecule has 1 aromatic rings. The Kier molecular flexibility index (Phi) is 3.58. The van der Waals surface area contributed by atoms with Crippen LogP contribution < -0.4 is 5.32 Å². The topological polar surface area (TPSA) is 29.1 Å². The van der Waals surface area contributed by atoms with E-state index in [4.69, 9.17) is 11.6 Å². The number of dihydropyridines is 1. The molecule has 2 aliphatic rings. The molecule has 1 heterocycles. The molecular weight excluding hydrogens is 393 g/mol. The summed E-state index contributed by atoms with van der Waals surface area (Å²) in [5, 5.41) is 3.81. The molecule has 2 nitrogen and oxygen atoms in total. The molecule has 0 saturated carbocycles. The average Bonchev–Trinajstić information content (AvgIpc) is 2.52. The fourth-order valence-electron chi connectivity index (χ4n) is 2.53. The lowest BCUT2D eigenvalue weighted by molar-refractivity contribution is 0.0964. The van der Waals surface area contributed by atoms with Gasteiger partial charge in [-0.05, 0) is 74.0 Å². The number of ketones is 1. The molecule has 1 unspecified atom stereocenters. The molecule has 0 radical (unpaired) electrons. The van der Waals surface area contributed by atoms with E-state index in [0.717, 1.165) is 38.5 Å². The minimum absolute atomic E-state index is 0.104. The first-order valence-corrected chi connectivity index (χ1v) is 7.87. The minimum atomic E-state index is -0.254. The quantitative estimate of drug-likeness (QED) is 0.697. The largest absolute Gasteiger partial charge is 0.377 e. The van der Waals surface area contributed by atoms with E-state index in [2.05, 4.69) is 37.2 Å². The van der Waals surface area contributed by atoms with Gasteiger partial charge in [0, 0.05) is 20.7 Å². The summed E-state index contributed by atoms with van der Waals surface area (Å²) in [4.78, 5) is 12.6. The zero-order chi connectivity index (χ0) is 13.6. The first-order valence-electron chi connectivity index (χ1n) is 5.91. The van der Waals surface area contributed by atoms with E-state index < -0.39 is 0 Å². The van der Waals surface area contributed by atoms with E-state index in [9.17, 15) is 4.79 Å². The lowest BCUT2D eigenvalue weighted by Gasteiger charge is -2.21.